The van der Waals surface area contributed by atoms with Crippen molar-refractivity contribution in [1.29, 1.82) is 0 Å². The number of allylic oxidation sites excluding steroid dienone is 1. The zero-order chi connectivity index (χ0) is 15.5. The smallest absolute Gasteiger partial charge is 0.207 e. The molecule has 1 spiro atoms. The molecule has 0 atom stereocenters. The zero-order valence-electron chi connectivity index (χ0n) is 13.3. The summed E-state index contributed by atoms with van der Waals surface area (Å²) in [5.41, 5.74) is 4.16. The fraction of sp³-hybridized carbons (Fsp3) is 0.556. The third-order valence-corrected chi connectivity index (χ3v) is 7.95. The van der Waals surface area contributed by atoms with Crippen molar-refractivity contribution in [2.24, 2.45) is 11.3 Å². The number of sulfonamides is 1. The molecule has 0 aromatic heterocycles. The fourth-order valence-electron chi connectivity index (χ4n) is 4.71. The zero-order valence-corrected chi connectivity index (χ0v) is 14.1. The van der Waals surface area contributed by atoms with Gasteiger partial charge in [-0.25, -0.2) is 8.42 Å². The van der Waals surface area contributed by atoms with E-state index in [9.17, 15) is 8.42 Å². The van der Waals surface area contributed by atoms with Gasteiger partial charge in [-0.05, 0) is 63.2 Å². The molecule has 1 saturated heterocycles. The van der Waals surface area contributed by atoms with Gasteiger partial charge in [0.1, 0.15) is 0 Å². The van der Waals surface area contributed by atoms with Crippen molar-refractivity contribution < 1.29 is 8.42 Å². The molecule has 0 radical (unpaired) electrons. The Morgan fingerprint density at radius 2 is 1.73 bits per heavy atom. The predicted molar refractivity (Wildman–Crippen MR) is 87.0 cm³/mol. The summed E-state index contributed by atoms with van der Waals surface area (Å²) in [6, 6.07) is 7.24. The number of fused-ring (bicyclic) bond motifs is 2. The second kappa shape index (κ2) is 4.68. The molecular formula is C18H23NO2S. The van der Waals surface area contributed by atoms with E-state index in [1.807, 2.05) is 19.1 Å². The van der Waals surface area contributed by atoms with E-state index in [0.29, 0.717) is 23.9 Å². The minimum Gasteiger partial charge on any atom is -0.207 e. The first kappa shape index (κ1) is 14.5. The van der Waals surface area contributed by atoms with Crippen LogP contribution in [-0.2, 0) is 10.0 Å². The Hall–Kier alpha value is -1.13. The maximum atomic E-state index is 13.0. The summed E-state index contributed by atoms with van der Waals surface area (Å²) in [5.74, 6) is 0.707. The van der Waals surface area contributed by atoms with Crippen molar-refractivity contribution in [3.8, 4) is 0 Å². The second-order valence-electron chi connectivity index (χ2n) is 7.30. The van der Waals surface area contributed by atoms with Crippen molar-refractivity contribution in [2.75, 3.05) is 13.1 Å². The van der Waals surface area contributed by atoms with E-state index in [2.05, 4.69) is 6.92 Å². The summed E-state index contributed by atoms with van der Waals surface area (Å²) in [7, 11) is -3.37. The molecule has 22 heavy (non-hydrogen) atoms. The van der Waals surface area contributed by atoms with Crippen molar-refractivity contribution in [3.63, 3.8) is 0 Å². The van der Waals surface area contributed by atoms with Crippen LogP contribution in [0.15, 0.2) is 40.3 Å². The number of hydrogen-bond donors (Lipinski definition) is 0. The van der Waals surface area contributed by atoms with E-state index in [1.165, 1.54) is 36.8 Å². The molecule has 5 rings (SSSR count). The summed E-state index contributed by atoms with van der Waals surface area (Å²) >= 11 is 0. The van der Waals surface area contributed by atoms with Gasteiger partial charge in [0.25, 0.3) is 0 Å². The average Bonchev–Trinajstić information content (AvgIpc) is 2.90. The fourth-order valence-corrected chi connectivity index (χ4v) is 6.21. The second-order valence-corrected chi connectivity index (χ2v) is 9.24. The number of aryl methyl sites for hydroxylation is 1. The van der Waals surface area contributed by atoms with Gasteiger partial charge in [-0.2, -0.15) is 4.31 Å². The van der Waals surface area contributed by atoms with Crippen LogP contribution in [-0.4, -0.2) is 25.8 Å². The van der Waals surface area contributed by atoms with Gasteiger partial charge in [-0.1, -0.05) is 23.3 Å². The van der Waals surface area contributed by atoms with Gasteiger partial charge >= 0.3 is 0 Å². The highest BCUT2D eigenvalue weighted by atomic mass is 32.2. The normalized spacial score (nSPS) is 31.6. The molecule has 1 aromatic carbocycles. The highest BCUT2D eigenvalue weighted by Crippen LogP contribution is 2.57. The molecule has 2 bridgehead atoms. The Morgan fingerprint density at radius 1 is 1.09 bits per heavy atom. The first-order chi connectivity index (χ1) is 10.4. The molecule has 0 N–H and O–H groups in total. The van der Waals surface area contributed by atoms with Gasteiger partial charge in [-0.3, -0.25) is 0 Å². The molecule has 1 saturated carbocycles. The molecule has 4 heteroatoms. The molecule has 2 fully saturated rings. The summed E-state index contributed by atoms with van der Waals surface area (Å²) in [4.78, 5) is 0.431. The van der Waals surface area contributed by atoms with Gasteiger partial charge in [0.05, 0.1) is 4.90 Å². The minimum absolute atomic E-state index is 0.149. The molecule has 3 nitrogen and oxygen atoms in total. The van der Waals surface area contributed by atoms with Crippen LogP contribution in [0.2, 0.25) is 0 Å². The van der Waals surface area contributed by atoms with E-state index in [4.69, 9.17) is 0 Å². The molecule has 1 aromatic rings. The van der Waals surface area contributed by atoms with Gasteiger partial charge in [0, 0.05) is 18.5 Å². The van der Waals surface area contributed by atoms with E-state index >= 15 is 0 Å². The quantitative estimate of drug-likeness (QED) is 0.783. The first-order valence-electron chi connectivity index (χ1n) is 8.19. The Labute approximate surface area is 133 Å². The van der Waals surface area contributed by atoms with Crippen LogP contribution in [0.5, 0.6) is 0 Å². The third-order valence-electron chi connectivity index (χ3n) is 6.14. The van der Waals surface area contributed by atoms with Crippen LogP contribution in [0, 0.1) is 18.3 Å². The predicted octanol–water partition coefficient (Wildman–Crippen LogP) is 3.51. The van der Waals surface area contributed by atoms with Crippen LogP contribution in [0.4, 0.5) is 0 Å². The van der Waals surface area contributed by atoms with Gasteiger partial charge in [0.2, 0.25) is 10.0 Å². The number of hydrogen-bond acceptors (Lipinski definition) is 2. The maximum absolute atomic E-state index is 13.0. The summed E-state index contributed by atoms with van der Waals surface area (Å²) in [5, 5.41) is 0. The van der Waals surface area contributed by atoms with Crippen LogP contribution < -0.4 is 0 Å². The molecule has 3 aliphatic carbocycles. The summed E-state index contributed by atoms with van der Waals surface area (Å²) in [6.45, 7) is 5.50. The van der Waals surface area contributed by atoms with Gasteiger partial charge in [0.15, 0.2) is 0 Å². The summed E-state index contributed by atoms with van der Waals surface area (Å²) in [6.07, 6.45) is 4.83. The topological polar surface area (TPSA) is 37.4 Å². The lowest BCUT2D eigenvalue weighted by Crippen LogP contribution is -2.37. The third kappa shape index (κ3) is 1.93. The van der Waals surface area contributed by atoms with Crippen molar-refractivity contribution >= 4 is 10.0 Å². The monoisotopic (exact) mass is 317 g/mol. The lowest BCUT2D eigenvalue weighted by atomic mass is 9.59. The lowest BCUT2D eigenvalue weighted by molar-refractivity contribution is 0.184. The number of rotatable bonds is 2. The largest absolute Gasteiger partial charge is 0.243 e. The van der Waals surface area contributed by atoms with Crippen molar-refractivity contribution in [2.45, 2.75) is 44.4 Å². The number of nitrogens with zero attached hydrogens (tertiary/aromatic N) is 1. The van der Waals surface area contributed by atoms with E-state index in [0.717, 1.165) is 5.56 Å². The molecule has 1 aliphatic heterocycles. The lowest BCUT2D eigenvalue weighted by Gasteiger charge is -2.45. The minimum atomic E-state index is -3.37. The summed E-state index contributed by atoms with van der Waals surface area (Å²) < 4.78 is 27.7. The van der Waals surface area contributed by atoms with E-state index in [-0.39, 0.29) is 5.41 Å². The molecule has 1 heterocycles. The van der Waals surface area contributed by atoms with Crippen molar-refractivity contribution in [3.05, 3.63) is 41.0 Å². The van der Waals surface area contributed by atoms with Gasteiger partial charge < -0.3 is 0 Å². The van der Waals surface area contributed by atoms with Crippen LogP contribution in [0.25, 0.3) is 0 Å². The Morgan fingerprint density at radius 3 is 2.32 bits per heavy atom. The Bertz CT molecular complexity index is 738. The maximum Gasteiger partial charge on any atom is 0.243 e. The SMILES string of the molecule is CC1=C2CN(S(=O)(=O)c3ccc(C)cc3)CC23CCC1CC3. The molecule has 4 aliphatic rings. The molecular weight excluding hydrogens is 294 g/mol. The molecule has 118 valence electrons. The molecule has 0 unspecified atom stereocenters. The Balaban J connectivity index is 1.71. The van der Waals surface area contributed by atoms with Crippen LogP contribution in [0.3, 0.4) is 0 Å². The highest BCUT2D eigenvalue weighted by molar-refractivity contribution is 7.89. The highest BCUT2D eigenvalue weighted by Gasteiger charge is 2.52. The number of benzene rings is 1. The van der Waals surface area contributed by atoms with E-state index in [1.54, 1.807) is 16.4 Å². The molecule has 0 amide bonds. The standard InChI is InChI=1S/C18H23NO2S/c1-13-3-5-16(6-4-13)22(20,21)19-11-17-14(2)15-7-9-18(17,12-19)10-8-15/h3-6,15H,7-12H2,1-2H3. The van der Waals surface area contributed by atoms with Crippen molar-refractivity contribution in [1.82, 2.24) is 4.31 Å². The van der Waals surface area contributed by atoms with Crippen LogP contribution >= 0.6 is 0 Å². The first-order valence-corrected chi connectivity index (χ1v) is 9.63. The average molecular weight is 317 g/mol. The Kier molecular flexibility index (Phi) is 3.08. The van der Waals surface area contributed by atoms with Gasteiger partial charge in [-0.15, -0.1) is 0 Å². The van der Waals surface area contributed by atoms with Crippen LogP contribution in [0.1, 0.15) is 38.2 Å². The van der Waals surface area contributed by atoms with E-state index < -0.39 is 10.0 Å².